The van der Waals surface area contributed by atoms with Gasteiger partial charge in [-0.1, -0.05) is 0 Å². The molecule has 1 fully saturated rings. The molecular formula is C13H20ClNO2. The van der Waals surface area contributed by atoms with Gasteiger partial charge < -0.3 is 9.15 Å². The van der Waals surface area contributed by atoms with Crippen molar-refractivity contribution in [1.29, 1.82) is 0 Å². The summed E-state index contributed by atoms with van der Waals surface area (Å²) in [6.45, 7) is 3.79. The van der Waals surface area contributed by atoms with Crippen LogP contribution in [0.5, 0.6) is 0 Å². The first-order valence-corrected chi connectivity index (χ1v) is 6.62. The topological polar surface area (TPSA) is 25.6 Å². The van der Waals surface area contributed by atoms with Gasteiger partial charge in [-0.2, -0.15) is 0 Å². The third kappa shape index (κ3) is 4.34. The molecule has 2 rings (SSSR count). The first-order valence-electron chi connectivity index (χ1n) is 6.24. The predicted molar refractivity (Wildman–Crippen MR) is 68.2 cm³/mol. The van der Waals surface area contributed by atoms with Crippen LogP contribution in [0.15, 0.2) is 16.5 Å². The smallest absolute Gasteiger partial charge is 0.193 e. The molecule has 1 aromatic heterocycles. The van der Waals surface area contributed by atoms with E-state index in [1.54, 1.807) is 6.07 Å². The molecule has 0 unspecified atom stereocenters. The molecule has 17 heavy (non-hydrogen) atoms. The molecule has 96 valence electrons. The van der Waals surface area contributed by atoms with Gasteiger partial charge >= 0.3 is 0 Å². The summed E-state index contributed by atoms with van der Waals surface area (Å²) in [4.78, 5) is 2.28. The molecule has 1 saturated heterocycles. The number of rotatable bonds is 5. The molecule has 0 spiro atoms. The highest BCUT2D eigenvalue weighted by Gasteiger charge is 2.14. The zero-order valence-corrected chi connectivity index (χ0v) is 11.1. The zero-order valence-electron chi connectivity index (χ0n) is 10.3. The van der Waals surface area contributed by atoms with Crippen LogP contribution in [-0.2, 0) is 11.3 Å². The number of nitrogens with zero attached hydrogens (tertiary/aromatic N) is 1. The van der Waals surface area contributed by atoms with Gasteiger partial charge in [-0.05, 0) is 62.5 Å². The number of halogens is 1. The maximum Gasteiger partial charge on any atom is 0.193 e. The van der Waals surface area contributed by atoms with Gasteiger partial charge in [0.2, 0.25) is 0 Å². The highest BCUT2D eigenvalue weighted by atomic mass is 35.5. The maximum atomic E-state index is 5.74. The zero-order chi connectivity index (χ0) is 12.1. The molecule has 3 nitrogen and oxygen atoms in total. The minimum Gasteiger partial charge on any atom is -0.448 e. The van der Waals surface area contributed by atoms with E-state index in [0.717, 1.165) is 38.0 Å². The fourth-order valence-electron chi connectivity index (χ4n) is 2.22. The number of ether oxygens (including phenoxy) is 1. The summed E-state index contributed by atoms with van der Waals surface area (Å²) in [5, 5.41) is 0.470. The van der Waals surface area contributed by atoms with Crippen LogP contribution < -0.4 is 0 Å². The molecule has 0 radical (unpaired) electrons. The maximum absolute atomic E-state index is 5.74. The van der Waals surface area contributed by atoms with Crippen molar-refractivity contribution < 1.29 is 9.15 Å². The number of hydrogen-bond acceptors (Lipinski definition) is 3. The van der Waals surface area contributed by atoms with Crippen LogP contribution in [-0.4, -0.2) is 31.7 Å². The second-order valence-corrected chi connectivity index (χ2v) is 5.16. The van der Waals surface area contributed by atoms with E-state index in [1.807, 2.05) is 6.07 Å². The van der Waals surface area contributed by atoms with Crippen LogP contribution in [0.25, 0.3) is 0 Å². The minimum absolute atomic E-state index is 0.470. The highest BCUT2D eigenvalue weighted by Crippen LogP contribution is 2.19. The average Bonchev–Trinajstić information content (AvgIpc) is 2.73. The van der Waals surface area contributed by atoms with Gasteiger partial charge in [0.25, 0.3) is 0 Å². The van der Waals surface area contributed by atoms with E-state index >= 15 is 0 Å². The van der Waals surface area contributed by atoms with Gasteiger partial charge in [0.15, 0.2) is 5.22 Å². The molecule has 0 atom stereocenters. The van der Waals surface area contributed by atoms with Crippen molar-refractivity contribution in [2.24, 2.45) is 5.92 Å². The van der Waals surface area contributed by atoms with Crippen LogP contribution >= 0.6 is 11.6 Å². The third-order valence-electron chi connectivity index (χ3n) is 3.31. The van der Waals surface area contributed by atoms with Crippen molar-refractivity contribution >= 4 is 11.6 Å². The minimum atomic E-state index is 0.470. The summed E-state index contributed by atoms with van der Waals surface area (Å²) in [5.41, 5.74) is 0. The summed E-state index contributed by atoms with van der Waals surface area (Å²) in [7, 11) is 2.12. The molecule has 1 aromatic rings. The molecule has 0 N–H and O–H groups in total. The van der Waals surface area contributed by atoms with Crippen molar-refractivity contribution in [3.63, 3.8) is 0 Å². The highest BCUT2D eigenvalue weighted by molar-refractivity contribution is 6.28. The van der Waals surface area contributed by atoms with Crippen molar-refractivity contribution in [3.8, 4) is 0 Å². The van der Waals surface area contributed by atoms with E-state index in [4.69, 9.17) is 20.8 Å². The van der Waals surface area contributed by atoms with E-state index in [1.165, 1.54) is 19.3 Å². The Balaban J connectivity index is 1.68. The summed E-state index contributed by atoms with van der Waals surface area (Å²) in [6.07, 6.45) is 3.66. The van der Waals surface area contributed by atoms with Crippen molar-refractivity contribution in [2.75, 3.05) is 26.8 Å². The normalized spacial score (nSPS) is 17.8. The first kappa shape index (κ1) is 12.9. The van der Waals surface area contributed by atoms with E-state index in [-0.39, 0.29) is 0 Å². The van der Waals surface area contributed by atoms with Gasteiger partial charge in [-0.25, -0.2) is 0 Å². The Kier molecular flexibility index (Phi) is 4.89. The molecule has 0 amide bonds. The van der Waals surface area contributed by atoms with E-state index < -0.39 is 0 Å². The quantitative estimate of drug-likeness (QED) is 0.810. The summed E-state index contributed by atoms with van der Waals surface area (Å²) in [5.74, 6) is 1.76. The average molecular weight is 258 g/mol. The lowest BCUT2D eigenvalue weighted by atomic mass is 9.96. The number of furan rings is 1. The van der Waals surface area contributed by atoms with Crippen LogP contribution in [0.1, 0.15) is 25.0 Å². The van der Waals surface area contributed by atoms with Gasteiger partial charge in [-0.15, -0.1) is 0 Å². The summed E-state index contributed by atoms with van der Waals surface area (Å²) >= 11 is 5.74. The fraction of sp³-hybridized carbons (Fsp3) is 0.692. The Labute approximate surface area is 108 Å². The van der Waals surface area contributed by atoms with Crippen LogP contribution in [0.3, 0.4) is 0 Å². The Bertz CT molecular complexity index is 334. The lowest BCUT2D eigenvalue weighted by Crippen LogP contribution is -2.24. The molecule has 0 aromatic carbocycles. The molecule has 0 bridgehead atoms. The second-order valence-electron chi connectivity index (χ2n) is 4.79. The molecule has 2 heterocycles. The predicted octanol–water partition coefficient (Wildman–Crippen LogP) is 3.18. The van der Waals surface area contributed by atoms with E-state index in [2.05, 4.69) is 11.9 Å². The largest absolute Gasteiger partial charge is 0.448 e. The molecular weight excluding hydrogens is 238 g/mol. The van der Waals surface area contributed by atoms with Crippen LogP contribution in [0, 0.1) is 5.92 Å². The molecule has 1 aliphatic heterocycles. The Morgan fingerprint density at radius 2 is 2.12 bits per heavy atom. The first-order chi connectivity index (χ1) is 8.24. The third-order valence-corrected chi connectivity index (χ3v) is 3.52. The van der Waals surface area contributed by atoms with Crippen molar-refractivity contribution in [2.45, 2.75) is 25.8 Å². The van der Waals surface area contributed by atoms with E-state index in [0.29, 0.717) is 5.22 Å². The van der Waals surface area contributed by atoms with Gasteiger partial charge in [-0.3, -0.25) is 4.90 Å². The summed E-state index contributed by atoms with van der Waals surface area (Å²) in [6, 6.07) is 3.73. The lowest BCUT2D eigenvalue weighted by Gasteiger charge is -2.24. The van der Waals surface area contributed by atoms with Crippen molar-refractivity contribution in [1.82, 2.24) is 4.90 Å². The standard InChI is InChI=1S/C13H20ClNO2/c1-15(10-12-2-3-13(14)17-12)7-4-11-5-8-16-9-6-11/h2-3,11H,4-10H2,1H3. The van der Waals surface area contributed by atoms with Crippen LogP contribution in [0.4, 0.5) is 0 Å². The van der Waals surface area contributed by atoms with E-state index in [9.17, 15) is 0 Å². The van der Waals surface area contributed by atoms with Crippen molar-refractivity contribution in [3.05, 3.63) is 23.1 Å². The van der Waals surface area contributed by atoms with Gasteiger partial charge in [0.05, 0.1) is 6.54 Å². The fourth-order valence-corrected chi connectivity index (χ4v) is 2.38. The van der Waals surface area contributed by atoms with Gasteiger partial charge in [0.1, 0.15) is 5.76 Å². The Morgan fingerprint density at radius 1 is 1.35 bits per heavy atom. The van der Waals surface area contributed by atoms with Gasteiger partial charge in [0, 0.05) is 13.2 Å². The Hall–Kier alpha value is -0.510. The lowest BCUT2D eigenvalue weighted by molar-refractivity contribution is 0.0606. The second kappa shape index (κ2) is 6.43. The van der Waals surface area contributed by atoms with Crippen LogP contribution in [0.2, 0.25) is 5.22 Å². The summed E-state index contributed by atoms with van der Waals surface area (Å²) < 4.78 is 10.7. The molecule has 4 heteroatoms. The molecule has 1 aliphatic rings. The monoisotopic (exact) mass is 257 g/mol. The Morgan fingerprint density at radius 3 is 2.76 bits per heavy atom. The molecule has 0 aliphatic carbocycles. The molecule has 0 saturated carbocycles. The SMILES string of the molecule is CN(CCC1CCOCC1)Cc1ccc(Cl)o1. The number of hydrogen-bond donors (Lipinski definition) is 0.